The Kier molecular flexibility index (Phi) is 4.67. The van der Waals surface area contributed by atoms with Crippen LogP contribution in [0.25, 0.3) is 5.76 Å². The highest BCUT2D eigenvalue weighted by Crippen LogP contribution is 2.43. The first-order valence-corrected chi connectivity index (χ1v) is 10.3. The van der Waals surface area contributed by atoms with Crippen molar-refractivity contribution in [2.24, 2.45) is 0 Å². The maximum absolute atomic E-state index is 13.5. The van der Waals surface area contributed by atoms with Gasteiger partial charge in [0.1, 0.15) is 24.8 Å². The van der Waals surface area contributed by atoms with Crippen LogP contribution in [-0.4, -0.2) is 35.0 Å². The molecule has 1 unspecified atom stereocenters. The van der Waals surface area contributed by atoms with E-state index in [1.54, 1.807) is 23.6 Å². The third kappa shape index (κ3) is 3.23. The van der Waals surface area contributed by atoms with E-state index in [2.05, 4.69) is 4.98 Å². The maximum Gasteiger partial charge on any atom is 0.301 e. The predicted octanol–water partition coefficient (Wildman–Crippen LogP) is 3.68. The summed E-state index contributed by atoms with van der Waals surface area (Å²) in [7, 11) is 0. The molecular formula is C22H15FN2O5S. The van der Waals surface area contributed by atoms with Crippen LogP contribution in [0.1, 0.15) is 17.2 Å². The van der Waals surface area contributed by atoms with Crippen molar-refractivity contribution in [3.8, 4) is 11.5 Å². The third-order valence-corrected chi connectivity index (χ3v) is 5.84. The molecule has 3 heterocycles. The molecule has 31 heavy (non-hydrogen) atoms. The number of rotatable bonds is 3. The van der Waals surface area contributed by atoms with E-state index < -0.39 is 23.5 Å². The zero-order valence-electron chi connectivity index (χ0n) is 15.9. The van der Waals surface area contributed by atoms with Crippen molar-refractivity contribution in [3.05, 3.63) is 76.6 Å². The van der Waals surface area contributed by atoms with Gasteiger partial charge in [0.2, 0.25) is 0 Å². The minimum atomic E-state index is -0.958. The molecule has 7 nitrogen and oxygen atoms in total. The van der Waals surface area contributed by atoms with Crippen molar-refractivity contribution in [1.29, 1.82) is 0 Å². The number of Topliss-reactive ketones (excluding diaryl/α,β-unsaturated/α-hetero) is 1. The summed E-state index contributed by atoms with van der Waals surface area (Å²) in [5.41, 5.74) is 0.659. The number of hydrogen-bond donors (Lipinski definition) is 1. The molecule has 2 aliphatic rings. The molecule has 0 spiro atoms. The number of nitrogens with zero attached hydrogens (tertiary/aromatic N) is 2. The molecule has 0 saturated carbocycles. The summed E-state index contributed by atoms with van der Waals surface area (Å²) in [6, 6.07) is 9.24. The Bertz CT molecular complexity index is 1210. The molecule has 1 amide bonds. The van der Waals surface area contributed by atoms with Crippen molar-refractivity contribution >= 4 is 33.9 Å². The second kappa shape index (κ2) is 7.51. The Hall–Kier alpha value is -3.72. The van der Waals surface area contributed by atoms with Gasteiger partial charge in [-0.3, -0.25) is 14.5 Å². The van der Waals surface area contributed by atoms with Crippen molar-refractivity contribution < 1.29 is 28.6 Å². The van der Waals surface area contributed by atoms with Crippen molar-refractivity contribution in [2.45, 2.75) is 6.04 Å². The molecule has 1 saturated heterocycles. The van der Waals surface area contributed by atoms with Crippen LogP contribution < -0.4 is 14.4 Å². The molecule has 0 aliphatic carbocycles. The van der Waals surface area contributed by atoms with E-state index in [1.807, 2.05) is 0 Å². The average molecular weight is 438 g/mol. The van der Waals surface area contributed by atoms with Gasteiger partial charge in [-0.1, -0.05) is 12.1 Å². The van der Waals surface area contributed by atoms with Gasteiger partial charge < -0.3 is 14.6 Å². The van der Waals surface area contributed by atoms with Crippen LogP contribution in [0.3, 0.4) is 0 Å². The number of ether oxygens (including phenoxy) is 2. The first-order chi connectivity index (χ1) is 15.0. The molecular weight excluding hydrogens is 423 g/mol. The van der Waals surface area contributed by atoms with Gasteiger partial charge >= 0.3 is 5.91 Å². The van der Waals surface area contributed by atoms with Crippen molar-refractivity contribution in [1.82, 2.24) is 4.98 Å². The largest absolute Gasteiger partial charge is 0.507 e. The number of halogens is 1. The predicted molar refractivity (Wildman–Crippen MR) is 111 cm³/mol. The van der Waals surface area contributed by atoms with Crippen LogP contribution in [0.5, 0.6) is 11.5 Å². The number of aromatic nitrogens is 1. The molecule has 2 aromatic carbocycles. The van der Waals surface area contributed by atoms with Gasteiger partial charge in [0, 0.05) is 17.1 Å². The lowest BCUT2D eigenvalue weighted by Crippen LogP contribution is -2.29. The van der Waals surface area contributed by atoms with Crippen LogP contribution in [0.15, 0.2) is 59.6 Å². The number of ketones is 1. The summed E-state index contributed by atoms with van der Waals surface area (Å²) in [5.74, 6) is -1.52. The van der Waals surface area contributed by atoms with Gasteiger partial charge in [0.15, 0.2) is 16.6 Å². The molecule has 0 bridgehead atoms. The number of carbonyl (C=O) groups excluding carboxylic acids is 2. The van der Waals surface area contributed by atoms with E-state index in [0.29, 0.717) is 41.0 Å². The van der Waals surface area contributed by atoms with Gasteiger partial charge in [0.25, 0.3) is 5.78 Å². The lowest BCUT2D eigenvalue weighted by atomic mass is 9.95. The Morgan fingerprint density at radius 3 is 2.55 bits per heavy atom. The number of fused-ring (bicyclic) bond motifs is 1. The molecule has 3 aromatic rings. The lowest BCUT2D eigenvalue weighted by Gasteiger charge is -2.23. The molecule has 1 N–H and O–H groups in total. The topological polar surface area (TPSA) is 89.0 Å². The van der Waals surface area contributed by atoms with E-state index in [9.17, 15) is 19.1 Å². The minimum absolute atomic E-state index is 0.108. The van der Waals surface area contributed by atoms with Gasteiger partial charge in [-0.05, 0) is 35.9 Å². The second-order valence-corrected chi connectivity index (χ2v) is 7.77. The minimum Gasteiger partial charge on any atom is -0.507 e. The summed E-state index contributed by atoms with van der Waals surface area (Å²) in [6.07, 6.45) is 1.52. The fourth-order valence-corrected chi connectivity index (χ4v) is 4.34. The number of aliphatic hydroxyl groups excluding tert-OH is 1. The molecule has 9 heteroatoms. The summed E-state index contributed by atoms with van der Waals surface area (Å²) >= 11 is 1.18. The molecule has 0 radical (unpaired) electrons. The molecule has 5 rings (SSSR count). The van der Waals surface area contributed by atoms with Crippen LogP contribution in [-0.2, 0) is 9.59 Å². The number of anilines is 1. The molecule has 1 atom stereocenters. The summed E-state index contributed by atoms with van der Waals surface area (Å²) in [6.45, 7) is 0.781. The van der Waals surface area contributed by atoms with Crippen LogP contribution in [0.4, 0.5) is 9.52 Å². The molecule has 156 valence electrons. The highest BCUT2D eigenvalue weighted by molar-refractivity contribution is 7.14. The number of aliphatic hydroxyl groups is 1. The van der Waals surface area contributed by atoms with Crippen LogP contribution >= 0.6 is 11.3 Å². The number of benzene rings is 2. The third-order valence-electron chi connectivity index (χ3n) is 5.07. The van der Waals surface area contributed by atoms with Crippen molar-refractivity contribution in [3.63, 3.8) is 0 Å². The lowest BCUT2D eigenvalue weighted by molar-refractivity contribution is -0.132. The second-order valence-electron chi connectivity index (χ2n) is 6.89. The fraction of sp³-hybridized carbons (Fsp3) is 0.136. The highest BCUT2D eigenvalue weighted by atomic mass is 32.1. The summed E-state index contributed by atoms with van der Waals surface area (Å²) in [4.78, 5) is 31.3. The first-order valence-electron chi connectivity index (χ1n) is 9.40. The standard InChI is InChI=1S/C22H15FN2O5S/c23-14-4-1-12(2-5-14)18-17(20(27)21(28)25(18)22-24-7-10-31-22)19(26)13-3-6-15-16(11-13)30-9-8-29-15/h1-7,10-11,18,26H,8-9H2/b19-17-. The van der Waals surface area contributed by atoms with Gasteiger partial charge in [-0.25, -0.2) is 9.37 Å². The number of amides is 1. The van der Waals surface area contributed by atoms with Crippen molar-refractivity contribution in [2.75, 3.05) is 18.1 Å². The summed E-state index contributed by atoms with van der Waals surface area (Å²) < 4.78 is 24.6. The summed E-state index contributed by atoms with van der Waals surface area (Å²) in [5, 5.41) is 13.1. The van der Waals surface area contributed by atoms with Gasteiger partial charge in [-0.2, -0.15) is 0 Å². The van der Waals surface area contributed by atoms with Crippen LogP contribution in [0.2, 0.25) is 0 Å². The fourth-order valence-electron chi connectivity index (χ4n) is 3.67. The number of thiazole rings is 1. The van der Waals surface area contributed by atoms with E-state index in [-0.39, 0.29) is 11.3 Å². The quantitative estimate of drug-likeness (QED) is 0.381. The zero-order chi connectivity index (χ0) is 21.5. The Morgan fingerprint density at radius 2 is 1.84 bits per heavy atom. The zero-order valence-corrected chi connectivity index (χ0v) is 16.8. The first kappa shape index (κ1) is 19.3. The Morgan fingerprint density at radius 1 is 1.10 bits per heavy atom. The van der Waals surface area contributed by atoms with E-state index in [1.165, 1.54) is 46.7 Å². The smallest absolute Gasteiger partial charge is 0.301 e. The van der Waals surface area contributed by atoms with E-state index in [4.69, 9.17) is 9.47 Å². The van der Waals surface area contributed by atoms with E-state index >= 15 is 0 Å². The Labute approximate surface area is 180 Å². The van der Waals surface area contributed by atoms with Crippen LogP contribution in [0, 0.1) is 5.82 Å². The van der Waals surface area contributed by atoms with Gasteiger partial charge in [-0.15, -0.1) is 11.3 Å². The Balaban J connectivity index is 1.68. The van der Waals surface area contributed by atoms with Gasteiger partial charge in [0.05, 0.1) is 11.6 Å². The monoisotopic (exact) mass is 438 g/mol. The normalized spacial score (nSPS) is 19.6. The van der Waals surface area contributed by atoms with E-state index in [0.717, 1.165) is 0 Å². The number of hydrogen-bond acceptors (Lipinski definition) is 7. The molecule has 2 aliphatic heterocycles. The molecule has 1 fully saturated rings. The molecule has 1 aromatic heterocycles. The highest BCUT2D eigenvalue weighted by Gasteiger charge is 2.48. The maximum atomic E-state index is 13.5. The SMILES string of the molecule is O=C1C(=O)N(c2nccs2)C(c2ccc(F)cc2)/C1=C(/O)c1ccc2c(c1)OCCO2. The number of carbonyl (C=O) groups is 2. The average Bonchev–Trinajstić information content (AvgIpc) is 3.40.